The van der Waals surface area contributed by atoms with E-state index >= 15 is 0 Å². The van der Waals surface area contributed by atoms with Crippen LogP contribution in [0.5, 0.6) is 0 Å². The lowest BCUT2D eigenvalue weighted by Gasteiger charge is -2.42. The minimum atomic E-state index is 0.720. The fourth-order valence-electron chi connectivity index (χ4n) is 2.51. The molecule has 1 N–H and O–H groups in total. The number of likely N-dealkylation sites (N-methyl/N-ethyl adjacent to an activating group) is 2. The number of hydrogen-bond acceptors (Lipinski definition) is 3. The Hall–Kier alpha value is -0.120. The Morgan fingerprint density at radius 2 is 2.07 bits per heavy atom. The van der Waals surface area contributed by atoms with Crippen molar-refractivity contribution in [2.45, 2.75) is 38.8 Å². The third-order valence-corrected chi connectivity index (χ3v) is 3.71. The maximum Gasteiger partial charge on any atom is 0.0219 e. The van der Waals surface area contributed by atoms with E-state index < -0.39 is 0 Å². The molecule has 1 aliphatic rings. The maximum atomic E-state index is 3.30. The van der Waals surface area contributed by atoms with Crippen LogP contribution in [0.4, 0.5) is 0 Å². The lowest BCUT2D eigenvalue weighted by Crippen LogP contribution is -2.55. The van der Waals surface area contributed by atoms with E-state index in [4.69, 9.17) is 0 Å². The Bertz CT molecular complexity index is 172. The topological polar surface area (TPSA) is 18.5 Å². The van der Waals surface area contributed by atoms with Crippen molar-refractivity contribution in [2.24, 2.45) is 0 Å². The maximum absolute atomic E-state index is 3.30. The third-order valence-electron chi connectivity index (χ3n) is 3.71. The second-order valence-corrected chi connectivity index (χ2v) is 4.66. The molecule has 0 spiro atoms. The summed E-state index contributed by atoms with van der Waals surface area (Å²) in [7, 11) is 4.31. The average Bonchev–Trinajstić information content (AvgIpc) is 2.27. The van der Waals surface area contributed by atoms with Gasteiger partial charge in [0.15, 0.2) is 0 Å². The molecule has 3 heteroatoms. The summed E-state index contributed by atoms with van der Waals surface area (Å²) in [4.78, 5) is 5.16. The van der Waals surface area contributed by atoms with Crippen LogP contribution in [-0.2, 0) is 0 Å². The minimum Gasteiger partial charge on any atom is -0.318 e. The van der Waals surface area contributed by atoms with Gasteiger partial charge < -0.3 is 10.2 Å². The molecule has 1 heterocycles. The molecule has 0 saturated carbocycles. The SMILES string of the molecule is CCC1CN(C(CC)CNC)CCN1C. The van der Waals surface area contributed by atoms with Crippen LogP contribution in [0.15, 0.2) is 0 Å². The smallest absolute Gasteiger partial charge is 0.0219 e. The van der Waals surface area contributed by atoms with Crippen LogP contribution in [0.25, 0.3) is 0 Å². The summed E-state index contributed by atoms with van der Waals surface area (Å²) in [5, 5.41) is 3.30. The summed E-state index contributed by atoms with van der Waals surface area (Å²) in [6.07, 6.45) is 2.52. The van der Waals surface area contributed by atoms with E-state index in [9.17, 15) is 0 Å². The Morgan fingerprint density at radius 1 is 1.33 bits per heavy atom. The molecule has 0 aromatic heterocycles. The minimum absolute atomic E-state index is 0.720. The van der Waals surface area contributed by atoms with Gasteiger partial charge in [-0.05, 0) is 26.9 Å². The molecule has 0 bridgehead atoms. The highest BCUT2D eigenvalue weighted by Gasteiger charge is 2.26. The van der Waals surface area contributed by atoms with Gasteiger partial charge in [-0.3, -0.25) is 4.90 Å². The number of nitrogens with one attached hydrogen (secondary N) is 1. The van der Waals surface area contributed by atoms with E-state index in [2.05, 4.69) is 43.1 Å². The Balaban J connectivity index is 2.48. The predicted molar refractivity (Wildman–Crippen MR) is 66.3 cm³/mol. The van der Waals surface area contributed by atoms with Crippen molar-refractivity contribution in [2.75, 3.05) is 40.3 Å². The molecule has 0 radical (unpaired) electrons. The van der Waals surface area contributed by atoms with Gasteiger partial charge in [-0.25, -0.2) is 0 Å². The quantitative estimate of drug-likeness (QED) is 0.735. The molecule has 2 unspecified atom stereocenters. The molecular formula is C12H27N3. The van der Waals surface area contributed by atoms with Crippen molar-refractivity contribution in [1.29, 1.82) is 0 Å². The highest BCUT2D eigenvalue weighted by atomic mass is 15.3. The Morgan fingerprint density at radius 3 is 2.60 bits per heavy atom. The fraction of sp³-hybridized carbons (Fsp3) is 1.00. The predicted octanol–water partition coefficient (Wildman–Crippen LogP) is 1.01. The molecule has 0 aromatic rings. The van der Waals surface area contributed by atoms with Crippen LogP contribution in [0.1, 0.15) is 26.7 Å². The molecule has 1 saturated heterocycles. The first-order valence-electron chi connectivity index (χ1n) is 6.31. The van der Waals surface area contributed by atoms with E-state index in [1.165, 1.54) is 32.5 Å². The van der Waals surface area contributed by atoms with Crippen molar-refractivity contribution >= 4 is 0 Å². The zero-order valence-corrected chi connectivity index (χ0v) is 10.8. The summed E-state index contributed by atoms with van der Waals surface area (Å²) >= 11 is 0. The highest BCUT2D eigenvalue weighted by molar-refractivity contribution is 4.83. The van der Waals surface area contributed by atoms with Crippen LogP contribution in [0.2, 0.25) is 0 Å². The molecule has 1 rings (SSSR count). The summed E-state index contributed by atoms with van der Waals surface area (Å²) < 4.78 is 0. The second kappa shape index (κ2) is 6.46. The standard InChI is InChI=1S/C12H27N3/c1-5-11(9-13-3)15-8-7-14(4)12(6-2)10-15/h11-13H,5-10H2,1-4H3. The van der Waals surface area contributed by atoms with E-state index in [0.717, 1.165) is 18.6 Å². The van der Waals surface area contributed by atoms with Crippen molar-refractivity contribution in [3.63, 3.8) is 0 Å². The van der Waals surface area contributed by atoms with Gasteiger partial charge in [0.2, 0.25) is 0 Å². The Kier molecular flexibility index (Phi) is 5.58. The van der Waals surface area contributed by atoms with E-state index in [1.54, 1.807) is 0 Å². The number of hydrogen-bond donors (Lipinski definition) is 1. The molecule has 3 nitrogen and oxygen atoms in total. The van der Waals surface area contributed by atoms with Gasteiger partial charge in [-0.15, -0.1) is 0 Å². The van der Waals surface area contributed by atoms with Crippen LogP contribution in [0.3, 0.4) is 0 Å². The van der Waals surface area contributed by atoms with Crippen molar-refractivity contribution in [1.82, 2.24) is 15.1 Å². The van der Waals surface area contributed by atoms with Crippen LogP contribution in [-0.4, -0.2) is 62.2 Å². The van der Waals surface area contributed by atoms with Gasteiger partial charge >= 0.3 is 0 Å². The molecular weight excluding hydrogens is 186 g/mol. The lowest BCUT2D eigenvalue weighted by molar-refractivity contribution is 0.0613. The number of rotatable bonds is 5. The molecule has 90 valence electrons. The molecule has 0 amide bonds. The first kappa shape index (κ1) is 12.9. The highest BCUT2D eigenvalue weighted by Crippen LogP contribution is 2.14. The van der Waals surface area contributed by atoms with Gasteiger partial charge in [0.1, 0.15) is 0 Å². The number of nitrogens with zero attached hydrogens (tertiary/aromatic N) is 2. The molecule has 2 atom stereocenters. The van der Waals surface area contributed by atoms with Crippen LogP contribution in [0, 0.1) is 0 Å². The monoisotopic (exact) mass is 213 g/mol. The van der Waals surface area contributed by atoms with Crippen molar-refractivity contribution < 1.29 is 0 Å². The Labute approximate surface area is 94.8 Å². The van der Waals surface area contributed by atoms with Gasteiger partial charge in [-0.1, -0.05) is 13.8 Å². The summed E-state index contributed by atoms with van der Waals surface area (Å²) in [5.74, 6) is 0. The van der Waals surface area contributed by atoms with Crippen molar-refractivity contribution in [3.05, 3.63) is 0 Å². The molecule has 1 aliphatic heterocycles. The normalized spacial score (nSPS) is 26.8. The molecule has 0 aliphatic carbocycles. The molecule has 1 fully saturated rings. The number of piperazine rings is 1. The van der Waals surface area contributed by atoms with E-state index in [-0.39, 0.29) is 0 Å². The average molecular weight is 213 g/mol. The first-order chi connectivity index (χ1) is 7.22. The van der Waals surface area contributed by atoms with Gasteiger partial charge in [0, 0.05) is 38.3 Å². The van der Waals surface area contributed by atoms with Crippen LogP contribution < -0.4 is 5.32 Å². The summed E-state index contributed by atoms with van der Waals surface area (Å²) in [6.45, 7) is 9.40. The van der Waals surface area contributed by atoms with Gasteiger partial charge in [0.05, 0.1) is 0 Å². The second-order valence-electron chi connectivity index (χ2n) is 4.66. The molecule has 15 heavy (non-hydrogen) atoms. The van der Waals surface area contributed by atoms with Gasteiger partial charge in [-0.2, -0.15) is 0 Å². The first-order valence-corrected chi connectivity index (χ1v) is 6.31. The lowest BCUT2D eigenvalue weighted by atomic mass is 10.1. The van der Waals surface area contributed by atoms with E-state index in [1.807, 2.05) is 0 Å². The van der Waals surface area contributed by atoms with Crippen molar-refractivity contribution in [3.8, 4) is 0 Å². The summed E-state index contributed by atoms with van der Waals surface area (Å²) in [6, 6.07) is 1.47. The van der Waals surface area contributed by atoms with Gasteiger partial charge in [0.25, 0.3) is 0 Å². The fourth-order valence-corrected chi connectivity index (χ4v) is 2.51. The third kappa shape index (κ3) is 3.44. The zero-order chi connectivity index (χ0) is 11.3. The summed E-state index contributed by atoms with van der Waals surface area (Å²) in [5.41, 5.74) is 0. The van der Waals surface area contributed by atoms with E-state index in [0.29, 0.717) is 0 Å². The van der Waals surface area contributed by atoms with Crippen LogP contribution >= 0.6 is 0 Å². The zero-order valence-electron chi connectivity index (χ0n) is 10.8. The largest absolute Gasteiger partial charge is 0.318 e. The molecule has 0 aromatic carbocycles.